The minimum Gasteiger partial charge on any atom is -0.394 e. The van der Waals surface area contributed by atoms with Gasteiger partial charge in [-0.1, -0.05) is 36.0 Å². The maximum atomic E-state index is 12.7. The number of hydrogen-bond donors (Lipinski definition) is 3. The molecule has 1 atom stereocenters. The van der Waals surface area contributed by atoms with Crippen LogP contribution in [0.3, 0.4) is 0 Å². The normalized spacial score (nSPS) is 13.3. The molecule has 2 aromatic heterocycles. The van der Waals surface area contributed by atoms with Crippen molar-refractivity contribution in [1.82, 2.24) is 20.1 Å². The molecule has 2 amide bonds. The predicted molar refractivity (Wildman–Crippen MR) is 139 cm³/mol. The van der Waals surface area contributed by atoms with Gasteiger partial charge >= 0.3 is 0 Å². The first-order valence-corrected chi connectivity index (χ1v) is 13.3. The van der Waals surface area contributed by atoms with Crippen molar-refractivity contribution in [2.45, 2.75) is 43.4 Å². The molecule has 36 heavy (non-hydrogen) atoms. The smallest absolute Gasteiger partial charge is 0.251 e. The van der Waals surface area contributed by atoms with E-state index in [-0.39, 0.29) is 24.2 Å². The summed E-state index contributed by atoms with van der Waals surface area (Å²) in [4.78, 5) is 26.5. The number of nitrogens with one attached hydrogen (secondary N) is 2. The van der Waals surface area contributed by atoms with Crippen molar-refractivity contribution in [1.29, 1.82) is 5.26 Å². The molecule has 4 rings (SSSR count). The molecule has 0 spiro atoms. The largest absolute Gasteiger partial charge is 0.394 e. The van der Waals surface area contributed by atoms with Crippen LogP contribution in [0, 0.1) is 11.3 Å². The molecule has 0 saturated heterocycles. The van der Waals surface area contributed by atoms with E-state index < -0.39 is 6.04 Å². The Kier molecular flexibility index (Phi) is 8.53. The number of carbonyl (C=O) groups is 2. The molecular formula is C25H26N6O3S2. The van der Waals surface area contributed by atoms with Crippen LogP contribution in [0.15, 0.2) is 48.1 Å². The van der Waals surface area contributed by atoms with Crippen molar-refractivity contribution in [3.05, 3.63) is 70.4 Å². The zero-order valence-corrected chi connectivity index (χ0v) is 21.2. The molecule has 1 aliphatic carbocycles. The average molecular weight is 523 g/mol. The van der Waals surface area contributed by atoms with Crippen LogP contribution in [-0.2, 0) is 24.2 Å². The van der Waals surface area contributed by atoms with Crippen molar-refractivity contribution < 1.29 is 14.7 Å². The summed E-state index contributed by atoms with van der Waals surface area (Å²) in [6.45, 7) is 3.73. The lowest BCUT2D eigenvalue weighted by molar-refractivity contribution is -0.113. The van der Waals surface area contributed by atoms with Crippen LogP contribution in [-0.4, -0.2) is 44.0 Å². The van der Waals surface area contributed by atoms with Gasteiger partial charge in [0.05, 0.1) is 17.9 Å². The zero-order chi connectivity index (χ0) is 25.5. The van der Waals surface area contributed by atoms with Gasteiger partial charge in [0, 0.05) is 17.0 Å². The van der Waals surface area contributed by atoms with Gasteiger partial charge in [-0.2, -0.15) is 5.26 Å². The molecule has 0 saturated carbocycles. The summed E-state index contributed by atoms with van der Waals surface area (Å²) in [5.74, 6) is -0.172. The van der Waals surface area contributed by atoms with Gasteiger partial charge in [0.1, 0.15) is 17.1 Å². The number of aliphatic hydroxyl groups excluding tert-OH is 1. The maximum Gasteiger partial charge on any atom is 0.251 e. The predicted octanol–water partition coefficient (Wildman–Crippen LogP) is 3.47. The van der Waals surface area contributed by atoms with E-state index in [4.69, 9.17) is 0 Å². The quantitative estimate of drug-likeness (QED) is 0.274. The Bertz CT molecular complexity index is 1300. The number of carbonyl (C=O) groups excluding carboxylic acids is 2. The molecule has 1 unspecified atom stereocenters. The third-order valence-electron chi connectivity index (χ3n) is 5.76. The number of aryl methyl sites for hydroxylation is 1. The fraction of sp³-hybridized carbons (Fsp3) is 0.320. The van der Waals surface area contributed by atoms with Crippen LogP contribution in [0.2, 0.25) is 0 Å². The first-order valence-electron chi connectivity index (χ1n) is 11.5. The van der Waals surface area contributed by atoms with Crippen LogP contribution in [0.25, 0.3) is 0 Å². The van der Waals surface area contributed by atoms with E-state index in [1.165, 1.54) is 28.0 Å². The van der Waals surface area contributed by atoms with E-state index in [0.717, 1.165) is 31.2 Å². The highest BCUT2D eigenvalue weighted by Crippen LogP contribution is 2.37. The number of anilines is 1. The number of rotatable bonds is 10. The topological polar surface area (TPSA) is 133 Å². The Morgan fingerprint density at radius 3 is 2.78 bits per heavy atom. The first-order chi connectivity index (χ1) is 17.5. The lowest BCUT2D eigenvalue weighted by atomic mass is 9.96. The molecule has 0 radical (unpaired) electrons. The number of thiophene rings is 1. The summed E-state index contributed by atoms with van der Waals surface area (Å²) in [5.41, 5.74) is 2.11. The minimum absolute atomic E-state index is 0.0584. The van der Waals surface area contributed by atoms with Gasteiger partial charge in [0.25, 0.3) is 5.91 Å². The van der Waals surface area contributed by atoms with Crippen LogP contribution in [0.1, 0.15) is 51.1 Å². The lowest BCUT2D eigenvalue weighted by Crippen LogP contribution is -2.33. The maximum absolute atomic E-state index is 12.7. The van der Waals surface area contributed by atoms with Crippen molar-refractivity contribution in [3.8, 4) is 6.07 Å². The summed E-state index contributed by atoms with van der Waals surface area (Å²) >= 11 is 2.67. The Balaban J connectivity index is 1.45. The van der Waals surface area contributed by atoms with Gasteiger partial charge in [-0.15, -0.1) is 28.1 Å². The number of fused-ring (bicyclic) bond motifs is 1. The molecule has 186 valence electrons. The van der Waals surface area contributed by atoms with Gasteiger partial charge in [-0.3, -0.25) is 9.59 Å². The highest BCUT2D eigenvalue weighted by Gasteiger charge is 2.24. The van der Waals surface area contributed by atoms with Crippen molar-refractivity contribution >= 4 is 39.9 Å². The molecule has 0 bridgehead atoms. The van der Waals surface area contributed by atoms with Crippen LogP contribution < -0.4 is 10.6 Å². The number of allylic oxidation sites excluding steroid dienone is 1. The molecule has 3 aromatic rings. The fourth-order valence-electron chi connectivity index (χ4n) is 4.05. The molecule has 11 heteroatoms. The van der Waals surface area contributed by atoms with E-state index in [1.807, 2.05) is 6.07 Å². The molecule has 3 N–H and O–H groups in total. The van der Waals surface area contributed by atoms with E-state index in [1.54, 1.807) is 34.9 Å². The number of thioether (sulfide) groups is 1. The third-order valence-corrected chi connectivity index (χ3v) is 7.94. The zero-order valence-electron chi connectivity index (χ0n) is 19.6. The minimum atomic E-state index is -0.788. The van der Waals surface area contributed by atoms with Gasteiger partial charge in [-0.25, -0.2) is 0 Å². The summed E-state index contributed by atoms with van der Waals surface area (Å²) in [7, 11) is 0. The fourth-order valence-corrected chi connectivity index (χ4v) is 6.06. The second-order valence-electron chi connectivity index (χ2n) is 8.18. The molecule has 9 nitrogen and oxygen atoms in total. The number of nitrogens with zero attached hydrogens (tertiary/aromatic N) is 4. The molecular weight excluding hydrogens is 496 g/mol. The van der Waals surface area contributed by atoms with Gasteiger partial charge in [0.2, 0.25) is 5.91 Å². The van der Waals surface area contributed by atoms with Gasteiger partial charge in [-0.05, 0) is 43.4 Å². The standard InChI is InChI=1S/C25H26N6O3S2/c1-2-12-31-22(19(14-32)27-23(34)16-8-4-3-5-9-16)29-30-25(31)35-15-21(33)28-24-18(13-26)17-10-6-7-11-20(17)36-24/h2-5,8-9,19,32H,1,6-7,10-12,14-15H2,(H,27,34)(H,28,33). The Labute approximate surface area is 217 Å². The highest BCUT2D eigenvalue weighted by molar-refractivity contribution is 7.99. The van der Waals surface area contributed by atoms with E-state index in [0.29, 0.717) is 33.7 Å². The van der Waals surface area contributed by atoms with E-state index in [2.05, 4.69) is 33.5 Å². The second kappa shape index (κ2) is 12.0. The molecule has 2 heterocycles. The molecule has 0 aliphatic heterocycles. The summed E-state index contributed by atoms with van der Waals surface area (Å²) in [6, 6.07) is 10.2. The van der Waals surface area contributed by atoms with E-state index in [9.17, 15) is 20.0 Å². The summed E-state index contributed by atoms with van der Waals surface area (Å²) < 4.78 is 1.71. The second-order valence-corrected chi connectivity index (χ2v) is 10.2. The van der Waals surface area contributed by atoms with Gasteiger partial charge < -0.3 is 20.3 Å². The van der Waals surface area contributed by atoms with Crippen molar-refractivity contribution in [2.24, 2.45) is 0 Å². The molecule has 1 aliphatic rings. The molecule has 1 aromatic carbocycles. The lowest BCUT2D eigenvalue weighted by Gasteiger charge is -2.17. The van der Waals surface area contributed by atoms with Crippen LogP contribution in [0.5, 0.6) is 0 Å². The van der Waals surface area contributed by atoms with Gasteiger partial charge in [0.15, 0.2) is 11.0 Å². The van der Waals surface area contributed by atoms with Crippen molar-refractivity contribution in [2.75, 3.05) is 17.7 Å². The molecule has 0 fully saturated rings. The summed E-state index contributed by atoms with van der Waals surface area (Å²) in [5, 5.41) is 34.7. The number of hydrogen-bond acceptors (Lipinski definition) is 8. The number of nitriles is 1. The number of amides is 2. The Hall–Kier alpha value is -3.46. The average Bonchev–Trinajstić information content (AvgIpc) is 3.46. The van der Waals surface area contributed by atoms with Crippen LogP contribution >= 0.6 is 23.1 Å². The Morgan fingerprint density at radius 1 is 1.28 bits per heavy atom. The number of aliphatic hydroxyl groups is 1. The van der Waals surface area contributed by atoms with E-state index >= 15 is 0 Å². The highest BCUT2D eigenvalue weighted by atomic mass is 32.2. The monoisotopic (exact) mass is 522 g/mol. The number of benzene rings is 1. The first kappa shape index (κ1) is 25.6. The van der Waals surface area contributed by atoms with Crippen LogP contribution in [0.4, 0.5) is 5.00 Å². The summed E-state index contributed by atoms with van der Waals surface area (Å²) in [6.07, 6.45) is 5.63. The SMILES string of the molecule is C=CCn1c(SCC(=O)Nc2sc3c(c2C#N)CCCC3)nnc1C(CO)NC(=O)c1ccccc1. The van der Waals surface area contributed by atoms with Crippen molar-refractivity contribution in [3.63, 3.8) is 0 Å². The Morgan fingerprint density at radius 2 is 2.06 bits per heavy atom. The number of aromatic nitrogens is 3. The third kappa shape index (κ3) is 5.67.